The molecule has 0 aromatic rings. The molecule has 3 rings (SSSR count). The highest BCUT2D eigenvalue weighted by Gasteiger charge is 2.47. The molecular weight excluding hydrogens is 212 g/mol. The lowest BCUT2D eigenvalue weighted by Gasteiger charge is -2.51. The number of nitrogens with one attached hydrogen (secondary N) is 1. The van der Waals surface area contributed by atoms with Crippen LogP contribution in [0.5, 0.6) is 0 Å². The van der Waals surface area contributed by atoms with Crippen molar-refractivity contribution < 1.29 is 4.74 Å². The molecule has 0 aromatic heterocycles. The van der Waals surface area contributed by atoms with E-state index in [9.17, 15) is 0 Å². The van der Waals surface area contributed by atoms with Crippen molar-refractivity contribution in [3.05, 3.63) is 0 Å². The van der Waals surface area contributed by atoms with Gasteiger partial charge in [0.15, 0.2) is 0 Å². The normalized spacial score (nSPS) is 37.9. The summed E-state index contributed by atoms with van der Waals surface area (Å²) in [5.74, 6) is 1.79. The standard InChI is InChI=1S/C14H26N2O/c1-16-6-2-3-13(9-16)14(10-17-11-14)7-12-4-5-15-8-12/h12-13,15H,2-11H2,1H3. The number of nitrogens with zero attached hydrogens (tertiary/aromatic N) is 1. The zero-order valence-corrected chi connectivity index (χ0v) is 11.1. The molecule has 0 aromatic carbocycles. The Kier molecular flexibility index (Phi) is 3.42. The number of hydrogen-bond acceptors (Lipinski definition) is 3. The molecule has 3 heteroatoms. The fraction of sp³-hybridized carbons (Fsp3) is 1.00. The Labute approximate surface area is 105 Å². The van der Waals surface area contributed by atoms with Crippen LogP contribution in [0.1, 0.15) is 25.7 Å². The molecule has 0 amide bonds. The van der Waals surface area contributed by atoms with Gasteiger partial charge < -0.3 is 15.0 Å². The second kappa shape index (κ2) is 4.87. The van der Waals surface area contributed by atoms with Crippen molar-refractivity contribution in [2.75, 3.05) is 46.4 Å². The number of rotatable bonds is 3. The minimum absolute atomic E-state index is 0.533. The molecule has 0 saturated carbocycles. The van der Waals surface area contributed by atoms with Gasteiger partial charge in [-0.2, -0.15) is 0 Å². The Morgan fingerprint density at radius 3 is 2.82 bits per heavy atom. The van der Waals surface area contributed by atoms with E-state index in [-0.39, 0.29) is 0 Å². The highest BCUT2D eigenvalue weighted by atomic mass is 16.5. The topological polar surface area (TPSA) is 24.5 Å². The molecule has 3 aliphatic rings. The monoisotopic (exact) mass is 238 g/mol. The van der Waals surface area contributed by atoms with E-state index in [0.717, 1.165) is 25.0 Å². The zero-order chi connectivity index (χ0) is 11.7. The molecule has 3 fully saturated rings. The summed E-state index contributed by atoms with van der Waals surface area (Å²) in [7, 11) is 2.27. The Balaban J connectivity index is 1.63. The lowest BCUT2D eigenvalue weighted by Crippen LogP contribution is -2.54. The van der Waals surface area contributed by atoms with Crippen molar-refractivity contribution in [3.8, 4) is 0 Å². The van der Waals surface area contributed by atoms with Crippen molar-refractivity contribution in [1.82, 2.24) is 10.2 Å². The predicted octanol–water partition coefficient (Wildman–Crippen LogP) is 1.34. The zero-order valence-electron chi connectivity index (χ0n) is 11.1. The van der Waals surface area contributed by atoms with E-state index in [0.29, 0.717) is 5.41 Å². The van der Waals surface area contributed by atoms with Gasteiger partial charge in [-0.25, -0.2) is 0 Å². The van der Waals surface area contributed by atoms with E-state index in [1.54, 1.807) is 0 Å². The second-order valence-electron chi connectivity index (χ2n) is 6.52. The lowest BCUT2D eigenvalue weighted by molar-refractivity contribution is -0.165. The van der Waals surface area contributed by atoms with Crippen molar-refractivity contribution in [1.29, 1.82) is 0 Å². The number of likely N-dealkylation sites (tertiary alicyclic amines) is 1. The molecule has 0 spiro atoms. The molecular formula is C14H26N2O. The summed E-state index contributed by atoms with van der Waals surface area (Å²) in [4.78, 5) is 2.52. The molecule has 3 saturated heterocycles. The number of piperidine rings is 1. The highest BCUT2D eigenvalue weighted by molar-refractivity contribution is 4.96. The number of hydrogen-bond donors (Lipinski definition) is 1. The first-order valence-corrected chi connectivity index (χ1v) is 7.25. The van der Waals surface area contributed by atoms with Gasteiger partial charge in [-0.15, -0.1) is 0 Å². The summed E-state index contributed by atoms with van der Waals surface area (Å²) in [5.41, 5.74) is 0.533. The van der Waals surface area contributed by atoms with Crippen molar-refractivity contribution in [2.45, 2.75) is 25.7 Å². The molecule has 0 radical (unpaired) electrons. The minimum Gasteiger partial charge on any atom is -0.380 e. The van der Waals surface area contributed by atoms with Gasteiger partial charge in [0.2, 0.25) is 0 Å². The fourth-order valence-corrected chi connectivity index (χ4v) is 4.01. The van der Waals surface area contributed by atoms with Gasteiger partial charge in [0.1, 0.15) is 0 Å². The van der Waals surface area contributed by atoms with Gasteiger partial charge >= 0.3 is 0 Å². The van der Waals surface area contributed by atoms with Gasteiger partial charge in [-0.1, -0.05) is 0 Å². The van der Waals surface area contributed by atoms with E-state index in [4.69, 9.17) is 4.74 Å². The Morgan fingerprint density at radius 2 is 2.24 bits per heavy atom. The first kappa shape index (κ1) is 11.9. The third-order valence-corrected chi connectivity index (χ3v) is 5.13. The van der Waals surface area contributed by atoms with Crippen LogP contribution in [-0.4, -0.2) is 51.3 Å². The smallest absolute Gasteiger partial charge is 0.0548 e. The maximum atomic E-state index is 5.60. The first-order valence-electron chi connectivity index (χ1n) is 7.25. The van der Waals surface area contributed by atoms with Crippen molar-refractivity contribution >= 4 is 0 Å². The summed E-state index contributed by atoms with van der Waals surface area (Å²) < 4.78 is 5.60. The molecule has 2 unspecified atom stereocenters. The molecule has 1 N–H and O–H groups in total. The molecule has 0 bridgehead atoms. The van der Waals surface area contributed by atoms with Gasteiger partial charge in [0, 0.05) is 12.0 Å². The van der Waals surface area contributed by atoms with Gasteiger partial charge in [-0.05, 0) is 64.2 Å². The Hall–Kier alpha value is -0.120. The van der Waals surface area contributed by atoms with Crippen LogP contribution in [0.2, 0.25) is 0 Å². The summed E-state index contributed by atoms with van der Waals surface area (Å²) in [5, 5.41) is 3.50. The van der Waals surface area contributed by atoms with Crippen molar-refractivity contribution in [2.24, 2.45) is 17.3 Å². The Bertz CT molecular complexity index is 259. The van der Waals surface area contributed by atoms with E-state index < -0.39 is 0 Å². The summed E-state index contributed by atoms with van der Waals surface area (Å²) in [6.07, 6.45) is 5.59. The number of ether oxygens (including phenoxy) is 1. The van der Waals surface area contributed by atoms with Crippen LogP contribution in [0.15, 0.2) is 0 Å². The maximum absolute atomic E-state index is 5.60. The minimum atomic E-state index is 0.533. The van der Waals surface area contributed by atoms with Crippen LogP contribution >= 0.6 is 0 Å². The van der Waals surface area contributed by atoms with Crippen LogP contribution in [0.3, 0.4) is 0 Å². The molecule has 3 heterocycles. The molecule has 2 atom stereocenters. The van der Waals surface area contributed by atoms with E-state index in [1.807, 2.05) is 0 Å². The second-order valence-corrected chi connectivity index (χ2v) is 6.52. The van der Waals surface area contributed by atoms with Crippen LogP contribution in [-0.2, 0) is 4.74 Å². The van der Waals surface area contributed by atoms with E-state index >= 15 is 0 Å². The molecule has 0 aliphatic carbocycles. The fourth-order valence-electron chi connectivity index (χ4n) is 4.01. The largest absolute Gasteiger partial charge is 0.380 e. The maximum Gasteiger partial charge on any atom is 0.0548 e. The van der Waals surface area contributed by atoms with Crippen LogP contribution in [0.25, 0.3) is 0 Å². The van der Waals surface area contributed by atoms with Gasteiger partial charge in [0.05, 0.1) is 13.2 Å². The lowest BCUT2D eigenvalue weighted by atomic mass is 9.65. The molecule has 3 nitrogen and oxygen atoms in total. The summed E-state index contributed by atoms with van der Waals surface area (Å²) in [6, 6.07) is 0. The van der Waals surface area contributed by atoms with Crippen molar-refractivity contribution in [3.63, 3.8) is 0 Å². The average molecular weight is 238 g/mol. The molecule has 98 valence electrons. The van der Waals surface area contributed by atoms with Gasteiger partial charge in [0.25, 0.3) is 0 Å². The third kappa shape index (κ3) is 2.38. The summed E-state index contributed by atoms with van der Waals surface area (Å²) >= 11 is 0. The summed E-state index contributed by atoms with van der Waals surface area (Å²) in [6.45, 7) is 7.11. The average Bonchev–Trinajstić information content (AvgIpc) is 2.76. The SMILES string of the molecule is CN1CCCC(C2(CC3CCNC3)COC2)C1. The predicted molar refractivity (Wildman–Crippen MR) is 69.1 cm³/mol. The van der Waals surface area contributed by atoms with Crippen LogP contribution in [0.4, 0.5) is 0 Å². The molecule has 17 heavy (non-hydrogen) atoms. The van der Waals surface area contributed by atoms with Gasteiger partial charge in [-0.3, -0.25) is 0 Å². The highest BCUT2D eigenvalue weighted by Crippen LogP contribution is 2.46. The van der Waals surface area contributed by atoms with E-state index in [1.165, 1.54) is 51.9 Å². The van der Waals surface area contributed by atoms with E-state index in [2.05, 4.69) is 17.3 Å². The quantitative estimate of drug-likeness (QED) is 0.803. The molecule has 3 aliphatic heterocycles. The Morgan fingerprint density at radius 1 is 1.35 bits per heavy atom. The third-order valence-electron chi connectivity index (χ3n) is 5.13. The first-order chi connectivity index (χ1) is 8.28. The van der Waals surface area contributed by atoms with Crippen LogP contribution < -0.4 is 5.32 Å². The van der Waals surface area contributed by atoms with Crippen LogP contribution in [0, 0.1) is 17.3 Å².